The van der Waals surface area contributed by atoms with Gasteiger partial charge in [-0.15, -0.1) is 0 Å². The highest BCUT2D eigenvalue weighted by molar-refractivity contribution is 5.65. The van der Waals surface area contributed by atoms with Crippen LogP contribution in [-0.4, -0.2) is 28.7 Å². The maximum atomic E-state index is 10.5. The van der Waals surface area contributed by atoms with Crippen LogP contribution in [0, 0.1) is 0 Å². The summed E-state index contributed by atoms with van der Waals surface area (Å²) in [6, 6.07) is 0.0475. The van der Waals surface area contributed by atoms with E-state index in [1.165, 1.54) is 4.90 Å². The maximum Gasteiger partial charge on any atom is 0.407 e. The highest BCUT2D eigenvalue weighted by atomic mass is 16.4. The number of carbonyl (C=O) groups is 1. The first-order chi connectivity index (χ1) is 4.72. The number of hydrogen-bond donors (Lipinski definition) is 1. The first kappa shape index (κ1) is 7.12. The molecule has 0 spiro atoms. The van der Waals surface area contributed by atoms with Gasteiger partial charge >= 0.3 is 6.09 Å². The monoisotopic (exact) mass is 141 g/mol. The fourth-order valence-corrected chi connectivity index (χ4v) is 1.08. The van der Waals surface area contributed by atoms with Gasteiger partial charge in [-0.2, -0.15) is 0 Å². The predicted octanol–water partition coefficient (Wildman–Crippen LogP) is 1.31. The summed E-state index contributed by atoms with van der Waals surface area (Å²) in [7, 11) is 0. The van der Waals surface area contributed by atoms with Crippen LogP contribution in [0.5, 0.6) is 0 Å². The molecule has 0 aromatic carbocycles. The van der Waals surface area contributed by atoms with Crippen LogP contribution in [0.1, 0.15) is 13.3 Å². The third-order valence-electron chi connectivity index (χ3n) is 1.69. The Labute approximate surface area is 59.9 Å². The number of rotatable bonds is 0. The van der Waals surface area contributed by atoms with Crippen molar-refractivity contribution in [1.29, 1.82) is 0 Å². The molecule has 0 aromatic rings. The number of carboxylic acid groups (broad SMARTS) is 1. The van der Waals surface area contributed by atoms with Crippen molar-refractivity contribution in [3.8, 4) is 0 Å². The summed E-state index contributed by atoms with van der Waals surface area (Å²) in [6.45, 7) is 2.51. The molecule has 0 fully saturated rings. The highest BCUT2D eigenvalue weighted by Crippen LogP contribution is 2.08. The molecule has 1 aliphatic rings. The van der Waals surface area contributed by atoms with Crippen molar-refractivity contribution in [1.82, 2.24) is 4.90 Å². The number of nitrogens with zero attached hydrogens (tertiary/aromatic N) is 1. The van der Waals surface area contributed by atoms with E-state index in [-0.39, 0.29) is 6.04 Å². The average Bonchev–Trinajstić information content (AvgIpc) is 1.88. The molecule has 1 rings (SSSR count). The molecule has 10 heavy (non-hydrogen) atoms. The van der Waals surface area contributed by atoms with E-state index in [4.69, 9.17) is 5.11 Å². The van der Waals surface area contributed by atoms with Crippen LogP contribution < -0.4 is 0 Å². The fraction of sp³-hybridized carbons (Fsp3) is 0.571. The van der Waals surface area contributed by atoms with Crippen molar-refractivity contribution < 1.29 is 9.90 Å². The smallest absolute Gasteiger partial charge is 0.407 e. The maximum absolute atomic E-state index is 10.5. The zero-order valence-corrected chi connectivity index (χ0v) is 5.95. The lowest BCUT2D eigenvalue weighted by Gasteiger charge is -2.26. The van der Waals surface area contributed by atoms with Crippen LogP contribution in [0.4, 0.5) is 4.79 Å². The zero-order valence-electron chi connectivity index (χ0n) is 5.95. The van der Waals surface area contributed by atoms with Crippen molar-refractivity contribution in [2.24, 2.45) is 0 Å². The van der Waals surface area contributed by atoms with Crippen molar-refractivity contribution in [3.63, 3.8) is 0 Å². The highest BCUT2D eigenvalue weighted by Gasteiger charge is 2.17. The molecule has 3 heteroatoms. The minimum atomic E-state index is -0.822. The molecule has 0 aromatic heterocycles. The Morgan fingerprint density at radius 2 is 2.50 bits per heavy atom. The van der Waals surface area contributed by atoms with Gasteiger partial charge in [-0.25, -0.2) is 4.79 Å². The lowest BCUT2D eigenvalue weighted by Crippen LogP contribution is -2.38. The Morgan fingerprint density at radius 1 is 1.80 bits per heavy atom. The first-order valence-electron chi connectivity index (χ1n) is 3.38. The molecule has 1 atom stereocenters. The summed E-state index contributed by atoms with van der Waals surface area (Å²) in [5.41, 5.74) is 0. The lowest BCUT2D eigenvalue weighted by molar-refractivity contribution is 0.135. The van der Waals surface area contributed by atoms with E-state index in [9.17, 15) is 4.79 Å². The van der Waals surface area contributed by atoms with Crippen LogP contribution in [0.25, 0.3) is 0 Å². The van der Waals surface area contributed by atoms with Crippen LogP contribution in [0.2, 0.25) is 0 Å². The Kier molecular flexibility index (Phi) is 1.94. The van der Waals surface area contributed by atoms with Gasteiger partial charge in [0.05, 0.1) is 6.04 Å². The van der Waals surface area contributed by atoms with Crippen molar-refractivity contribution in [3.05, 3.63) is 12.2 Å². The molecular weight excluding hydrogens is 130 g/mol. The van der Waals surface area contributed by atoms with Gasteiger partial charge in [0.25, 0.3) is 0 Å². The fourth-order valence-electron chi connectivity index (χ4n) is 1.08. The third-order valence-corrected chi connectivity index (χ3v) is 1.69. The first-order valence-corrected chi connectivity index (χ1v) is 3.38. The third kappa shape index (κ3) is 1.29. The van der Waals surface area contributed by atoms with E-state index in [1.807, 2.05) is 19.1 Å². The molecule has 0 unspecified atom stereocenters. The van der Waals surface area contributed by atoms with Crippen molar-refractivity contribution >= 4 is 6.09 Å². The van der Waals surface area contributed by atoms with E-state index in [2.05, 4.69) is 0 Å². The SMILES string of the molecule is C[C@H]1C=CCCN1C(=O)O. The van der Waals surface area contributed by atoms with Gasteiger partial charge in [-0.1, -0.05) is 12.2 Å². The van der Waals surface area contributed by atoms with Crippen LogP contribution in [0.15, 0.2) is 12.2 Å². The Balaban J connectivity index is 2.60. The van der Waals surface area contributed by atoms with Gasteiger partial charge < -0.3 is 10.0 Å². The van der Waals surface area contributed by atoms with Crippen LogP contribution >= 0.6 is 0 Å². The molecule has 1 heterocycles. The van der Waals surface area contributed by atoms with Gasteiger partial charge in [0.2, 0.25) is 0 Å². The Bertz CT molecular complexity index is 165. The summed E-state index contributed by atoms with van der Waals surface area (Å²) in [4.78, 5) is 11.9. The van der Waals surface area contributed by atoms with Gasteiger partial charge in [0, 0.05) is 6.54 Å². The molecule has 0 saturated carbocycles. The Hall–Kier alpha value is -0.990. The van der Waals surface area contributed by atoms with E-state index in [0.29, 0.717) is 6.54 Å². The lowest BCUT2D eigenvalue weighted by atomic mass is 10.2. The van der Waals surface area contributed by atoms with Crippen molar-refractivity contribution in [2.75, 3.05) is 6.54 Å². The molecule has 1 aliphatic heterocycles. The standard InChI is InChI=1S/C7H11NO2/c1-6-4-2-3-5-8(6)7(9)10/h2,4,6H,3,5H2,1H3,(H,9,10)/t6-/m0/s1. The van der Waals surface area contributed by atoms with Gasteiger partial charge in [0.15, 0.2) is 0 Å². The topological polar surface area (TPSA) is 40.5 Å². The molecule has 1 N–H and O–H groups in total. The normalized spacial score (nSPS) is 24.9. The molecule has 0 saturated heterocycles. The second-order valence-electron chi connectivity index (χ2n) is 2.43. The minimum absolute atomic E-state index is 0.0475. The summed E-state index contributed by atoms with van der Waals surface area (Å²) < 4.78 is 0. The van der Waals surface area contributed by atoms with Gasteiger partial charge in [0.1, 0.15) is 0 Å². The second-order valence-corrected chi connectivity index (χ2v) is 2.43. The van der Waals surface area contributed by atoms with E-state index >= 15 is 0 Å². The molecule has 1 amide bonds. The number of amides is 1. The quantitative estimate of drug-likeness (QED) is 0.517. The average molecular weight is 141 g/mol. The molecule has 0 aliphatic carbocycles. The second kappa shape index (κ2) is 2.73. The molecule has 0 bridgehead atoms. The zero-order chi connectivity index (χ0) is 7.56. The van der Waals surface area contributed by atoms with Crippen LogP contribution in [-0.2, 0) is 0 Å². The molecule has 0 radical (unpaired) electrons. The molecule has 56 valence electrons. The summed E-state index contributed by atoms with van der Waals surface area (Å²) >= 11 is 0. The molecule has 3 nitrogen and oxygen atoms in total. The summed E-state index contributed by atoms with van der Waals surface area (Å²) in [5, 5.41) is 8.60. The van der Waals surface area contributed by atoms with Gasteiger partial charge in [-0.05, 0) is 13.3 Å². The largest absolute Gasteiger partial charge is 0.465 e. The number of hydrogen-bond acceptors (Lipinski definition) is 1. The van der Waals surface area contributed by atoms with Crippen molar-refractivity contribution in [2.45, 2.75) is 19.4 Å². The minimum Gasteiger partial charge on any atom is -0.465 e. The predicted molar refractivity (Wildman–Crippen MR) is 37.9 cm³/mol. The van der Waals surface area contributed by atoms with Crippen LogP contribution in [0.3, 0.4) is 0 Å². The van der Waals surface area contributed by atoms with E-state index in [1.54, 1.807) is 0 Å². The summed E-state index contributed by atoms with van der Waals surface area (Å²) in [6.07, 6.45) is 3.95. The summed E-state index contributed by atoms with van der Waals surface area (Å²) in [5.74, 6) is 0. The molecular formula is C7H11NO2. The van der Waals surface area contributed by atoms with Gasteiger partial charge in [-0.3, -0.25) is 0 Å². The van der Waals surface area contributed by atoms with E-state index in [0.717, 1.165) is 6.42 Å². The Morgan fingerprint density at radius 3 is 2.90 bits per heavy atom. The van der Waals surface area contributed by atoms with E-state index < -0.39 is 6.09 Å².